The van der Waals surface area contributed by atoms with E-state index >= 15 is 0 Å². The first kappa shape index (κ1) is 93.4. The van der Waals surface area contributed by atoms with Gasteiger partial charge in [-0.1, -0.05) is 0 Å². The number of aliphatic hydroxyl groups is 23. The van der Waals surface area contributed by atoms with Crippen molar-refractivity contribution in [1.29, 1.82) is 0 Å². The number of hydrogen-bond acceptors (Lipinski definition) is 46. The zero-order chi connectivity index (χ0) is 83.8. The fraction of sp³-hybridized carbons (Fsp3) is 0.970. The van der Waals surface area contributed by atoms with E-state index in [4.69, 9.17) is 100 Å². The summed E-state index contributed by atoms with van der Waals surface area (Å²) in [7, 11) is 0. The van der Waals surface area contributed by atoms with E-state index in [1.54, 1.807) is 0 Å². The molecule has 48 nitrogen and oxygen atoms in total. The van der Waals surface area contributed by atoms with Gasteiger partial charge in [-0.15, -0.1) is 0 Å². The summed E-state index contributed by atoms with van der Waals surface area (Å²) in [5.74, 6) is -1.68. The molecule has 114 heavy (non-hydrogen) atoms. The second-order valence-corrected chi connectivity index (χ2v) is 30.0. The molecule has 2 amide bonds. The van der Waals surface area contributed by atoms with E-state index in [9.17, 15) is 127 Å². The maximum Gasteiger partial charge on any atom is 0.217 e. The highest BCUT2D eigenvalue weighted by Crippen LogP contribution is 2.42. The Morgan fingerprint density at radius 3 is 0.860 bits per heavy atom. The van der Waals surface area contributed by atoms with Gasteiger partial charge in [-0.2, -0.15) is 0 Å². The van der Waals surface area contributed by atoms with Crippen LogP contribution in [-0.2, 0) is 104 Å². The second kappa shape index (κ2) is 40.0. The molecule has 10 heterocycles. The van der Waals surface area contributed by atoms with Crippen LogP contribution in [0.4, 0.5) is 0 Å². The number of nitrogens with two attached hydrogens (primary N) is 1. The monoisotopic (exact) mass is 1670 g/mol. The molecule has 27 N–H and O–H groups in total. The van der Waals surface area contributed by atoms with E-state index in [0.717, 1.165) is 13.8 Å². The summed E-state index contributed by atoms with van der Waals surface area (Å²) in [6.07, 6.45) is -92.2. The SMILES string of the molecule is CC(=O)NC1C(OCCN)OC(CO)C(O)C1OC1OC(C)C(OC2OC(CO)C(O)C(O)C2O)C(OC2OC(C)C(O)C(O)C2OC2OC(C)C(O)C(O)C2OC2OC(CO)C(O)C(OC3OC(C)C(OC4OC(CO)C(O)C(O)C4O)C(OC4OC(C)C(O)C(O)C4OC4OC(C)C(O)C(O)C4O)C3O)C2NC(C)=O)C1O. The zero-order valence-corrected chi connectivity index (χ0v) is 63.0. The molecule has 50 atom stereocenters. The van der Waals surface area contributed by atoms with Crippen molar-refractivity contribution in [2.75, 3.05) is 39.6 Å². The molecule has 48 heteroatoms. The molecule has 10 aliphatic heterocycles. The smallest absolute Gasteiger partial charge is 0.217 e. The van der Waals surface area contributed by atoms with E-state index in [1.807, 2.05) is 0 Å². The fourth-order valence-electron chi connectivity index (χ4n) is 15.2. The van der Waals surface area contributed by atoms with Crippen LogP contribution >= 0.6 is 0 Å². The Morgan fingerprint density at radius 1 is 0.263 bits per heavy atom. The van der Waals surface area contributed by atoms with Crippen LogP contribution in [0.15, 0.2) is 0 Å². The summed E-state index contributed by atoms with van der Waals surface area (Å²) in [5.41, 5.74) is 5.70. The van der Waals surface area contributed by atoms with Gasteiger partial charge in [-0.25, -0.2) is 0 Å². The maximum absolute atomic E-state index is 13.5. The van der Waals surface area contributed by atoms with Crippen molar-refractivity contribution in [2.45, 2.75) is 362 Å². The van der Waals surface area contributed by atoms with Gasteiger partial charge < -0.3 is 229 Å². The third-order valence-electron chi connectivity index (χ3n) is 21.8. The van der Waals surface area contributed by atoms with Gasteiger partial charge in [-0.3, -0.25) is 9.59 Å². The summed E-state index contributed by atoms with van der Waals surface area (Å²) in [6.45, 7) is 5.49. The average Bonchev–Trinajstić information content (AvgIpc) is 0.765. The molecule has 10 rings (SSSR count). The number of aliphatic hydroxyl groups excluding tert-OH is 23. The van der Waals surface area contributed by atoms with Crippen molar-refractivity contribution >= 4 is 11.8 Å². The third kappa shape index (κ3) is 19.9. The topological polar surface area (TPSA) is 734 Å². The molecular formula is C66H113N3O45. The Balaban J connectivity index is 0.967. The number of carbonyl (C=O) groups is 2. The zero-order valence-electron chi connectivity index (χ0n) is 63.0. The highest BCUT2D eigenvalue weighted by atomic mass is 16.8. The van der Waals surface area contributed by atoms with Gasteiger partial charge >= 0.3 is 0 Å². The lowest BCUT2D eigenvalue weighted by atomic mass is 9.94. The summed E-state index contributed by atoms with van der Waals surface area (Å²) in [5, 5.41) is 264. The first-order valence-corrected chi connectivity index (χ1v) is 37.5. The first-order chi connectivity index (χ1) is 53.8. The Bertz CT molecular complexity index is 2990. The van der Waals surface area contributed by atoms with Crippen LogP contribution in [0.3, 0.4) is 0 Å². The van der Waals surface area contributed by atoms with Crippen molar-refractivity contribution < 1.29 is 222 Å². The van der Waals surface area contributed by atoms with Crippen molar-refractivity contribution in [1.82, 2.24) is 10.6 Å². The van der Waals surface area contributed by atoms with Gasteiger partial charge in [-0.05, 0) is 41.5 Å². The predicted molar refractivity (Wildman–Crippen MR) is 357 cm³/mol. The standard InChI is InChI=1S/C66H113N3O45/c1-15-29(76)37(84)43(90)59(96-15)113-55-41(88)31(78)16(2)97-64(55)110-52-47(94)63(101-20(6)48(52)106-60-44(91)38(85)33(80)23(11-70)104-60)109-51-28(69-22(8)75)58(103-26(14-73)36(51)83)112-54-40(87)30(77)18(4)99-66(54)114-56-42(89)32(79)17(3)98-65(56)111-53-46(93)62(100-19(5)49(53)107-61-45(92)39(86)34(81)24(12-71)105-61)108-50-27(68-21(7)74)57(95-10-9-67)102-25(13-72)35(50)82/h15-20,23-66,70-73,76-94H,9-14,67H2,1-8H3,(H,68,74)(H,69,75). The molecule has 0 aliphatic carbocycles. The van der Waals surface area contributed by atoms with E-state index in [2.05, 4.69) is 10.6 Å². The van der Waals surface area contributed by atoms with Gasteiger partial charge in [0.1, 0.15) is 207 Å². The molecule has 10 aliphatic rings. The Kier molecular flexibility index (Phi) is 32.8. The first-order valence-electron chi connectivity index (χ1n) is 37.5. The molecule has 0 spiro atoms. The van der Waals surface area contributed by atoms with E-state index in [1.165, 1.54) is 41.5 Å². The Morgan fingerprint density at radius 2 is 0.509 bits per heavy atom. The van der Waals surface area contributed by atoms with E-state index in [-0.39, 0.29) is 13.2 Å². The van der Waals surface area contributed by atoms with Gasteiger partial charge in [0, 0.05) is 20.4 Å². The van der Waals surface area contributed by atoms with E-state index < -0.39 is 345 Å². The molecule has 0 bridgehead atoms. The Labute approximate surface area is 650 Å². The van der Waals surface area contributed by atoms with Crippen LogP contribution in [0.25, 0.3) is 0 Å². The summed E-state index contributed by atoms with van der Waals surface area (Å²) >= 11 is 0. The summed E-state index contributed by atoms with van der Waals surface area (Å²) < 4.78 is 122. The number of amides is 2. The van der Waals surface area contributed by atoms with Crippen LogP contribution in [0.5, 0.6) is 0 Å². The molecule has 0 saturated carbocycles. The normalized spacial score (nSPS) is 52.5. The molecule has 0 aromatic carbocycles. The van der Waals surface area contributed by atoms with Gasteiger partial charge in [0.25, 0.3) is 0 Å². The van der Waals surface area contributed by atoms with Crippen molar-refractivity contribution in [3.05, 3.63) is 0 Å². The number of ether oxygens (including phenoxy) is 20. The molecule has 0 aromatic rings. The van der Waals surface area contributed by atoms with Crippen LogP contribution in [0.2, 0.25) is 0 Å². The highest BCUT2D eigenvalue weighted by Gasteiger charge is 2.62. The van der Waals surface area contributed by atoms with Crippen LogP contribution in [0, 0.1) is 0 Å². The lowest BCUT2D eigenvalue weighted by molar-refractivity contribution is -0.411. The maximum atomic E-state index is 13.5. The molecule has 662 valence electrons. The Hall–Kier alpha value is -2.82. The number of nitrogens with one attached hydrogen (secondary N) is 2. The number of hydrogen-bond donors (Lipinski definition) is 26. The molecular weight excluding hydrogens is 1550 g/mol. The van der Waals surface area contributed by atoms with E-state index in [0.29, 0.717) is 0 Å². The van der Waals surface area contributed by atoms with Gasteiger partial charge in [0.2, 0.25) is 11.8 Å². The minimum atomic E-state index is -2.37. The van der Waals surface area contributed by atoms with Crippen LogP contribution < -0.4 is 16.4 Å². The van der Waals surface area contributed by atoms with Gasteiger partial charge in [0.15, 0.2) is 62.9 Å². The van der Waals surface area contributed by atoms with Crippen molar-refractivity contribution in [3.8, 4) is 0 Å². The van der Waals surface area contributed by atoms with Crippen molar-refractivity contribution in [3.63, 3.8) is 0 Å². The summed E-state index contributed by atoms with van der Waals surface area (Å²) in [6, 6.07) is -3.44. The molecule has 0 radical (unpaired) electrons. The van der Waals surface area contributed by atoms with Crippen LogP contribution in [0.1, 0.15) is 55.4 Å². The largest absolute Gasteiger partial charge is 0.394 e. The molecule has 50 unspecified atom stereocenters. The molecule has 10 fully saturated rings. The van der Waals surface area contributed by atoms with Crippen LogP contribution in [-0.4, -0.2) is 476 Å². The lowest BCUT2D eigenvalue weighted by Gasteiger charge is -2.52. The number of carbonyl (C=O) groups excluding carboxylic acids is 2. The minimum Gasteiger partial charge on any atom is -0.394 e. The molecule has 0 aromatic heterocycles. The predicted octanol–water partition coefficient (Wildman–Crippen LogP) is -16.4. The third-order valence-corrected chi connectivity index (χ3v) is 21.8. The number of rotatable bonds is 27. The fourth-order valence-corrected chi connectivity index (χ4v) is 15.2. The highest BCUT2D eigenvalue weighted by molar-refractivity contribution is 5.73. The van der Waals surface area contributed by atoms with Crippen molar-refractivity contribution in [2.24, 2.45) is 5.73 Å². The second-order valence-electron chi connectivity index (χ2n) is 30.0. The minimum absolute atomic E-state index is 0.0807. The average molecular weight is 1670 g/mol. The lowest BCUT2D eigenvalue weighted by Crippen LogP contribution is -2.70. The molecule has 10 saturated heterocycles. The quantitative estimate of drug-likeness (QED) is 0.0363. The summed E-state index contributed by atoms with van der Waals surface area (Å²) in [4.78, 5) is 26.3. The van der Waals surface area contributed by atoms with Gasteiger partial charge in [0.05, 0.1) is 69.7 Å².